The maximum Gasteiger partial charge on any atom is 0.216 e. The Morgan fingerprint density at radius 3 is 2.57 bits per heavy atom. The summed E-state index contributed by atoms with van der Waals surface area (Å²) < 4.78 is 38.7. The molecule has 0 aliphatic carbocycles. The van der Waals surface area contributed by atoms with E-state index >= 15 is 0 Å². The van der Waals surface area contributed by atoms with E-state index in [1.54, 1.807) is 24.7 Å². The summed E-state index contributed by atoms with van der Waals surface area (Å²) in [4.78, 5) is 26.1. The van der Waals surface area contributed by atoms with Crippen molar-refractivity contribution in [3.8, 4) is 11.6 Å². The molecule has 0 radical (unpaired) electrons. The van der Waals surface area contributed by atoms with E-state index in [1.807, 2.05) is 13.0 Å². The van der Waals surface area contributed by atoms with Crippen LogP contribution < -0.4 is 14.5 Å². The lowest BCUT2D eigenvalue weighted by Crippen LogP contribution is -2.38. The normalized spacial score (nSPS) is 18.7. The van der Waals surface area contributed by atoms with Crippen LogP contribution in [0.15, 0.2) is 36.8 Å². The van der Waals surface area contributed by atoms with Crippen LogP contribution in [0, 0.1) is 11.9 Å². The highest BCUT2D eigenvalue weighted by Crippen LogP contribution is 2.34. The SMILES string of the molecule is CC1c2cnc(-c3ncccn3)nc2CCN1c1cc(N2CCC(CN[SH](=O)=O)CC2)cc(F)n1. The van der Waals surface area contributed by atoms with Gasteiger partial charge in [0.05, 0.1) is 11.7 Å². The van der Waals surface area contributed by atoms with Crippen LogP contribution in [0.5, 0.6) is 0 Å². The van der Waals surface area contributed by atoms with Gasteiger partial charge in [-0.3, -0.25) is 0 Å². The van der Waals surface area contributed by atoms with Crippen molar-refractivity contribution in [2.45, 2.75) is 32.2 Å². The minimum atomic E-state index is -2.58. The number of anilines is 2. The third kappa shape index (κ3) is 5.22. The molecule has 2 aliphatic rings. The number of pyridine rings is 1. The van der Waals surface area contributed by atoms with Gasteiger partial charge >= 0.3 is 0 Å². The van der Waals surface area contributed by atoms with Crippen molar-refractivity contribution in [2.75, 3.05) is 36.0 Å². The van der Waals surface area contributed by atoms with E-state index in [-0.39, 0.29) is 12.0 Å². The molecule has 2 aliphatic heterocycles. The van der Waals surface area contributed by atoms with Crippen molar-refractivity contribution in [1.29, 1.82) is 0 Å². The summed E-state index contributed by atoms with van der Waals surface area (Å²) in [5.74, 6) is 1.34. The molecule has 0 amide bonds. The van der Waals surface area contributed by atoms with Gasteiger partial charge in [-0.2, -0.15) is 4.39 Å². The Hall–Kier alpha value is -3.25. The summed E-state index contributed by atoms with van der Waals surface area (Å²) in [6, 6.07) is 5.08. The minimum absolute atomic E-state index is 0.0717. The van der Waals surface area contributed by atoms with Crippen molar-refractivity contribution in [3.63, 3.8) is 0 Å². The molecule has 1 saturated heterocycles. The number of halogens is 1. The molecule has 1 fully saturated rings. The monoisotopic (exact) mass is 498 g/mol. The van der Waals surface area contributed by atoms with E-state index in [0.717, 1.165) is 42.9 Å². The number of thiol groups is 1. The molecule has 1 atom stereocenters. The number of fused-ring (bicyclic) bond motifs is 1. The van der Waals surface area contributed by atoms with Gasteiger partial charge in [0.1, 0.15) is 5.82 Å². The van der Waals surface area contributed by atoms with E-state index in [9.17, 15) is 12.8 Å². The maximum absolute atomic E-state index is 14.6. The Morgan fingerprint density at radius 2 is 1.83 bits per heavy atom. The molecule has 35 heavy (non-hydrogen) atoms. The Balaban J connectivity index is 1.32. The first-order valence-corrected chi connectivity index (χ1v) is 12.9. The van der Waals surface area contributed by atoms with Crippen molar-refractivity contribution >= 4 is 22.4 Å². The molecule has 184 valence electrons. The predicted molar refractivity (Wildman–Crippen MR) is 130 cm³/mol. The van der Waals surface area contributed by atoms with E-state index in [4.69, 9.17) is 4.98 Å². The van der Waals surface area contributed by atoms with Gasteiger partial charge in [0.25, 0.3) is 0 Å². The third-order valence-electron chi connectivity index (χ3n) is 6.72. The number of hydrogen-bond acceptors (Lipinski definition) is 9. The molecule has 1 unspecified atom stereocenters. The van der Waals surface area contributed by atoms with Gasteiger partial charge in [0, 0.05) is 74.6 Å². The third-order valence-corrected chi connectivity index (χ3v) is 7.16. The van der Waals surface area contributed by atoms with Crippen LogP contribution in [-0.4, -0.2) is 59.5 Å². The quantitative estimate of drug-likeness (QED) is 0.388. The summed E-state index contributed by atoms with van der Waals surface area (Å²) in [5.41, 5.74) is 2.71. The molecule has 0 saturated carbocycles. The van der Waals surface area contributed by atoms with Crippen molar-refractivity contribution < 1.29 is 12.8 Å². The summed E-state index contributed by atoms with van der Waals surface area (Å²) in [5, 5.41) is 0. The molecule has 0 aromatic carbocycles. The van der Waals surface area contributed by atoms with Gasteiger partial charge in [-0.15, -0.1) is 0 Å². The average Bonchev–Trinajstić information content (AvgIpc) is 2.88. The lowest BCUT2D eigenvalue weighted by atomic mass is 9.96. The van der Waals surface area contributed by atoms with Crippen LogP contribution in [0.2, 0.25) is 0 Å². The van der Waals surface area contributed by atoms with E-state index in [0.29, 0.717) is 37.0 Å². The fraction of sp³-hybridized carbons (Fsp3) is 0.435. The number of nitrogens with one attached hydrogen (secondary N) is 1. The second-order valence-corrected chi connectivity index (χ2v) is 9.67. The molecule has 0 bridgehead atoms. The Bertz CT molecular complexity index is 1260. The van der Waals surface area contributed by atoms with Gasteiger partial charge in [-0.1, -0.05) is 0 Å². The van der Waals surface area contributed by atoms with Gasteiger partial charge in [0.15, 0.2) is 11.6 Å². The Labute approximate surface area is 204 Å². The van der Waals surface area contributed by atoms with E-state index in [2.05, 4.69) is 34.5 Å². The summed E-state index contributed by atoms with van der Waals surface area (Å²) in [6.07, 6.45) is 7.49. The summed E-state index contributed by atoms with van der Waals surface area (Å²) in [6.45, 7) is 4.62. The molecule has 3 aromatic rings. The van der Waals surface area contributed by atoms with E-state index < -0.39 is 16.8 Å². The zero-order chi connectivity index (χ0) is 24.4. The van der Waals surface area contributed by atoms with Crippen molar-refractivity contribution in [1.82, 2.24) is 29.6 Å². The van der Waals surface area contributed by atoms with Crippen LogP contribution in [0.25, 0.3) is 11.6 Å². The highest BCUT2D eigenvalue weighted by molar-refractivity contribution is 7.70. The van der Waals surface area contributed by atoms with Gasteiger partial charge in [-0.05, 0) is 31.7 Å². The molecule has 10 nitrogen and oxygen atoms in total. The average molecular weight is 499 g/mol. The van der Waals surface area contributed by atoms with Crippen LogP contribution in [0.4, 0.5) is 15.9 Å². The maximum atomic E-state index is 14.6. The molecular formula is C23H27FN8O2S. The molecule has 0 spiro atoms. The Morgan fingerprint density at radius 1 is 1.06 bits per heavy atom. The number of piperidine rings is 1. The van der Waals surface area contributed by atoms with Crippen LogP contribution in [0.3, 0.4) is 0 Å². The predicted octanol–water partition coefficient (Wildman–Crippen LogP) is 1.92. The van der Waals surface area contributed by atoms with Gasteiger partial charge in [-0.25, -0.2) is 38.1 Å². The lowest BCUT2D eigenvalue weighted by Gasteiger charge is -2.37. The Kier molecular flexibility index (Phi) is 6.82. The van der Waals surface area contributed by atoms with Gasteiger partial charge in [0.2, 0.25) is 16.8 Å². The number of nitrogens with zero attached hydrogens (tertiary/aromatic N) is 7. The second-order valence-electron chi connectivity index (χ2n) is 8.84. The molecule has 12 heteroatoms. The lowest BCUT2D eigenvalue weighted by molar-refractivity contribution is 0.403. The molecule has 5 heterocycles. The highest BCUT2D eigenvalue weighted by atomic mass is 32.2. The first kappa shape index (κ1) is 23.5. The molecule has 3 aromatic heterocycles. The smallest absolute Gasteiger partial charge is 0.216 e. The zero-order valence-electron chi connectivity index (χ0n) is 19.3. The second kappa shape index (κ2) is 10.2. The fourth-order valence-electron chi connectivity index (χ4n) is 4.80. The van der Waals surface area contributed by atoms with Crippen LogP contribution in [-0.2, 0) is 17.3 Å². The largest absolute Gasteiger partial charge is 0.371 e. The zero-order valence-corrected chi connectivity index (χ0v) is 20.2. The number of hydrogen-bond donors (Lipinski definition) is 2. The number of rotatable bonds is 6. The first-order chi connectivity index (χ1) is 17.0. The molecular weight excluding hydrogens is 471 g/mol. The number of aromatic nitrogens is 5. The summed E-state index contributed by atoms with van der Waals surface area (Å²) in [7, 11) is -2.58. The van der Waals surface area contributed by atoms with Crippen LogP contribution >= 0.6 is 0 Å². The minimum Gasteiger partial charge on any atom is -0.371 e. The van der Waals surface area contributed by atoms with E-state index in [1.165, 1.54) is 6.07 Å². The fourth-order valence-corrected chi connectivity index (χ4v) is 5.20. The van der Waals surface area contributed by atoms with Crippen molar-refractivity contribution in [2.24, 2.45) is 5.92 Å². The molecule has 5 rings (SSSR count). The highest BCUT2D eigenvalue weighted by Gasteiger charge is 2.28. The standard InChI is InChI=1S/C23H27FN8O2S/c1-15-18-14-27-23(22-25-6-2-7-26-22)29-19(18)5-10-32(15)21-12-17(11-20(24)30-21)31-8-3-16(4-9-31)13-28-35(33)34/h2,6-7,11-12,14-16,35H,3-5,8-10,13H2,1H3,(H,28,33,34). The first-order valence-electron chi connectivity index (χ1n) is 11.7. The van der Waals surface area contributed by atoms with Gasteiger partial charge < -0.3 is 9.80 Å². The van der Waals surface area contributed by atoms with Crippen LogP contribution in [0.1, 0.15) is 37.1 Å². The topological polar surface area (TPSA) is 117 Å². The van der Waals surface area contributed by atoms with Crippen molar-refractivity contribution in [3.05, 3.63) is 54.0 Å². The molecule has 1 N–H and O–H groups in total. The summed E-state index contributed by atoms with van der Waals surface area (Å²) >= 11 is 0.